The Kier molecular flexibility index (Phi) is 5.15. The van der Waals surface area contributed by atoms with Gasteiger partial charge in [0.2, 0.25) is 0 Å². The highest BCUT2D eigenvalue weighted by atomic mass is 16.5. The second-order valence-corrected chi connectivity index (χ2v) is 4.34. The Bertz CT molecular complexity index is 626. The lowest BCUT2D eigenvalue weighted by atomic mass is 10.2. The minimum atomic E-state index is -0.632. The molecule has 0 saturated carbocycles. The van der Waals surface area contributed by atoms with Crippen molar-refractivity contribution >= 4 is 11.8 Å². The summed E-state index contributed by atoms with van der Waals surface area (Å²) < 4.78 is 6.58. The zero-order valence-electron chi connectivity index (χ0n) is 12.2. The minimum absolute atomic E-state index is 0.390. The van der Waals surface area contributed by atoms with Gasteiger partial charge in [0.25, 0.3) is 11.8 Å². The normalized spacial score (nSPS) is 11.7. The molecule has 0 fully saturated rings. The first-order chi connectivity index (χ1) is 10.6. The highest BCUT2D eigenvalue weighted by molar-refractivity contribution is 5.95. The molecule has 116 valence electrons. The number of hydrogen-bond donors (Lipinski definition) is 2. The number of rotatable bonds is 5. The summed E-state index contributed by atoms with van der Waals surface area (Å²) in [6, 6.07) is 6.58. The summed E-state index contributed by atoms with van der Waals surface area (Å²) in [4.78, 5) is 23.5. The van der Waals surface area contributed by atoms with Crippen LogP contribution >= 0.6 is 0 Å². The van der Waals surface area contributed by atoms with Gasteiger partial charge in [-0.25, -0.2) is 4.68 Å². The predicted molar refractivity (Wildman–Crippen MR) is 75.9 cm³/mol. The molecule has 0 spiro atoms. The van der Waals surface area contributed by atoms with Gasteiger partial charge in [0, 0.05) is 12.2 Å². The molecule has 9 heteroatoms. The number of carbonyl (C=O) groups excluding carboxylic acids is 2. The molecule has 0 aliphatic carbocycles. The number of aromatic nitrogens is 4. The van der Waals surface area contributed by atoms with Gasteiger partial charge in [-0.05, 0) is 48.5 Å². The molecule has 2 rings (SSSR count). The van der Waals surface area contributed by atoms with Gasteiger partial charge in [-0.1, -0.05) is 0 Å². The van der Waals surface area contributed by atoms with Crippen molar-refractivity contribution in [2.24, 2.45) is 0 Å². The average Bonchev–Trinajstić information content (AvgIpc) is 3.07. The average molecular weight is 304 g/mol. The van der Waals surface area contributed by atoms with Crippen molar-refractivity contribution in [3.8, 4) is 5.69 Å². The summed E-state index contributed by atoms with van der Waals surface area (Å²) in [5.74, 6) is -0.846. The van der Waals surface area contributed by atoms with E-state index in [1.165, 1.54) is 11.0 Å². The second-order valence-electron chi connectivity index (χ2n) is 4.34. The predicted octanol–water partition coefficient (Wildman–Crippen LogP) is -0.152. The molecule has 0 saturated heterocycles. The van der Waals surface area contributed by atoms with Crippen LogP contribution in [0.1, 0.15) is 24.2 Å². The maximum absolute atomic E-state index is 11.9. The number of amides is 2. The molecule has 1 aromatic heterocycles. The number of nitrogens with one attached hydrogen (secondary N) is 2. The summed E-state index contributed by atoms with van der Waals surface area (Å²) in [5.41, 5.74) is 5.74. The van der Waals surface area contributed by atoms with Gasteiger partial charge in [-0.2, -0.15) is 0 Å². The van der Waals surface area contributed by atoms with Crippen LogP contribution in [0.2, 0.25) is 0 Å². The minimum Gasteiger partial charge on any atom is -0.369 e. The number of hydrazine groups is 1. The maximum Gasteiger partial charge on any atom is 0.269 e. The molecular weight excluding hydrogens is 288 g/mol. The zero-order chi connectivity index (χ0) is 15.9. The van der Waals surface area contributed by atoms with E-state index in [1.807, 2.05) is 0 Å². The Balaban J connectivity index is 1.91. The van der Waals surface area contributed by atoms with E-state index in [9.17, 15) is 9.59 Å². The monoisotopic (exact) mass is 304 g/mol. The number of nitrogens with zero attached hydrogens (tertiary/aromatic N) is 4. The van der Waals surface area contributed by atoms with Crippen LogP contribution in [0.3, 0.4) is 0 Å². The van der Waals surface area contributed by atoms with Crippen molar-refractivity contribution in [2.75, 3.05) is 6.61 Å². The van der Waals surface area contributed by atoms with Crippen LogP contribution < -0.4 is 10.9 Å². The van der Waals surface area contributed by atoms with Gasteiger partial charge in [0.15, 0.2) is 0 Å². The fourth-order valence-electron chi connectivity index (χ4n) is 1.66. The molecule has 0 radical (unpaired) electrons. The van der Waals surface area contributed by atoms with E-state index in [-0.39, 0.29) is 0 Å². The van der Waals surface area contributed by atoms with Crippen LogP contribution in [0.5, 0.6) is 0 Å². The zero-order valence-corrected chi connectivity index (χ0v) is 12.2. The Morgan fingerprint density at radius 3 is 2.59 bits per heavy atom. The molecule has 2 amide bonds. The van der Waals surface area contributed by atoms with Gasteiger partial charge in [0.05, 0.1) is 5.69 Å². The van der Waals surface area contributed by atoms with E-state index < -0.39 is 17.9 Å². The molecule has 2 aromatic rings. The van der Waals surface area contributed by atoms with Crippen LogP contribution in [0.15, 0.2) is 30.6 Å². The standard InChI is InChI=1S/C13H16N6O3/c1-3-22-9(2)12(20)15-16-13(21)10-4-6-11(7-5-10)19-8-14-17-18-19/h4-9H,3H2,1-2H3,(H,15,20)(H,16,21). The van der Waals surface area contributed by atoms with Gasteiger partial charge < -0.3 is 4.74 Å². The lowest BCUT2D eigenvalue weighted by Gasteiger charge is -2.12. The molecule has 0 bridgehead atoms. The second kappa shape index (κ2) is 7.27. The van der Waals surface area contributed by atoms with Crippen molar-refractivity contribution in [3.63, 3.8) is 0 Å². The first-order valence-corrected chi connectivity index (χ1v) is 6.67. The molecule has 2 N–H and O–H groups in total. The Morgan fingerprint density at radius 2 is 2.00 bits per heavy atom. The molecule has 1 unspecified atom stereocenters. The lowest BCUT2D eigenvalue weighted by molar-refractivity contribution is -0.132. The molecular formula is C13H16N6O3. The summed E-state index contributed by atoms with van der Waals surface area (Å²) >= 11 is 0. The van der Waals surface area contributed by atoms with E-state index in [2.05, 4.69) is 26.4 Å². The number of benzene rings is 1. The molecule has 0 aliphatic heterocycles. The Morgan fingerprint density at radius 1 is 1.27 bits per heavy atom. The molecule has 9 nitrogen and oxygen atoms in total. The maximum atomic E-state index is 11.9. The smallest absolute Gasteiger partial charge is 0.269 e. The van der Waals surface area contributed by atoms with Gasteiger partial charge in [-0.3, -0.25) is 20.4 Å². The van der Waals surface area contributed by atoms with E-state index in [0.717, 1.165) is 5.69 Å². The largest absolute Gasteiger partial charge is 0.369 e. The van der Waals surface area contributed by atoms with E-state index >= 15 is 0 Å². The number of carbonyl (C=O) groups is 2. The van der Waals surface area contributed by atoms with Crippen molar-refractivity contribution in [3.05, 3.63) is 36.2 Å². The third-order valence-electron chi connectivity index (χ3n) is 2.83. The summed E-state index contributed by atoms with van der Waals surface area (Å²) in [6.07, 6.45) is 0.817. The third-order valence-corrected chi connectivity index (χ3v) is 2.83. The van der Waals surface area contributed by atoms with E-state index in [1.54, 1.807) is 38.1 Å². The summed E-state index contributed by atoms with van der Waals surface area (Å²) in [6.45, 7) is 3.81. The summed E-state index contributed by atoms with van der Waals surface area (Å²) in [7, 11) is 0. The molecule has 22 heavy (non-hydrogen) atoms. The van der Waals surface area contributed by atoms with Crippen LogP contribution in [0.4, 0.5) is 0 Å². The molecule has 1 atom stereocenters. The first-order valence-electron chi connectivity index (χ1n) is 6.67. The van der Waals surface area contributed by atoms with Crippen molar-refractivity contribution in [1.82, 2.24) is 31.1 Å². The van der Waals surface area contributed by atoms with Gasteiger partial charge >= 0.3 is 0 Å². The third kappa shape index (κ3) is 3.85. The first kappa shape index (κ1) is 15.6. The van der Waals surface area contributed by atoms with Crippen molar-refractivity contribution in [1.29, 1.82) is 0 Å². The highest BCUT2D eigenvalue weighted by Crippen LogP contribution is 2.07. The van der Waals surface area contributed by atoms with Crippen LogP contribution in [0, 0.1) is 0 Å². The van der Waals surface area contributed by atoms with Crippen molar-refractivity contribution < 1.29 is 14.3 Å². The Labute approximate surface area is 126 Å². The number of hydrogen-bond acceptors (Lipinski definition) is 6. The topological polar surface area (TPSA) is 111 Å². The Hall–Kier alpha value is -2.81. The SMILES string of the molecule is CCOC(C)C(=O)NNC(=O)c1ccc(-n2cnnn2)cc1. The molecule has 1 heterocycles. The fourth-order valence-corrected chi connectivity index (χ4v) is 1.66. The van der Waals surface area contributed by atoms with Crippen LogP contribution in [-0.2, 0) is 9.53 Å². The fraction of sp³-hybridized carbons (Fsp3) is 0.308. The highest BCUT2D eigenvalue weighted by Gasteiger charge is 2.13. The quantitative estimate of drug-likeness (QED) is 0.743. The summed E-state index contributed by atoms with van der Waals surface area (Å²) in [5, 5.41) is 10.8. The van der Waals surface area contributed by atoms with Gasteiger partial charge in [0.1, 0.15) is 12.4 Å². The number of ether oxygens (including phenoxy) is 1. The van der Waals surface area contributed by atoms with Crippen molar-refractivity contribution in [2.45, 2.75) is 20.0 Å². The van der Waals surface area contributed by atoms with Gasteiger partial charge in [-0.15, -0.1) is 5.10 Å². The molecule has 0 aliphatic rings. The van der Waals surface area contributed by atoms with Crippen LogP contribution in [-0.4, -0.2) is 44.7 Å². The van der Waals surface area contributed by atoms with E-state index in [4.69, 9.17) is 4.74 Å². The molecule has 1 aromatic carbocycles. The van der Waals surface area contributed by atoms with E-state index in [0.29, 0.717) is 12.2 Å². The number of tetrazole rings is 1. The van der Waals surface area contributed by atoms with Crippen LogP contribution in [0.25, 0.3) is 5.69 Å². The lowest BCUT2D eigenvalue weighted by Crippen LogP contribution is -2.46.